The SMILES string of the molecule is [2H]C([2H])=S([O-])C([2H])([2H])[2H]. The third-order valence-corrected chi connectivity index (χ3v) is 0. The van der Waals surface area contributed by atoms with Crippen molar-refractivity contribution in [2.24, 2.45) is 0 Å². The van der Waals surface area contributed by atoms with Gasteiger partial charge in [0.1, 0.15) is 0 Å². The summed E-state index contributed by atoms with van der Waals surface area (Å²) in [6, 6.07) is 0. The molecule has 0 aliphatic rings. The first-order valence-corrected chi connectivity index (χ1v) is 1.72. The van der Waals surface area contributed by atoms with Gasteiger partial charge >= 0.3 is 0 Å². The van der Waals surface area contributed by atoms with Crippen LogP contribution < -0.4 is 0 Å². The second-order valence-corrected chi connectivity index (χ2v) is 0.806. The van der Waals surface area contributed by atoms with E-state index in [9.17, 15) is 4.55 Å². The Morgan fingerprint density at radius 3 is 3.50 bits per heavy atom. The molecule has 0 spiro atoms. The summed E-state index contributed by atoms with van der Waals surface area (Å²) in [6.07, 6.45) is -2.71. The van der Waals surface area contributed by atoms with Crippen LogP contribution in [0.15, 0.2) is 0 Å². The van der Waals surface area contributed by atoms with E-state index in [2.05, 4.69) is 0 Å². The van der Waals surface area contributed by atoms with Gasteiger partial charge in [0, 0.05) is 4.11 Å². The normalized spacial score (nSPS) is 35.8. The maximum atomic E-state index is 10.3. The van der Waals surface area contributed by atoms with E-state index in [0.29, 0.717) is 0 Å². The molecule has 0 aromatic rings. The zero-order chi connectivity index (χ0) is 7.65. The van der Waals surface area contributed by atoms with Crippen molar-refractivity contribution >= 4 is 16.6 Å². The Bertz CT molecular complexity index is 132. The third-order valence-electron chi connectivity index (χ3n) is 0. The molecule has 1 atom stereocenters. The molecule has 2 heteroatoms. The molecule has 1 unspecified atom stereocenters. The molecule has 0 bridgehead atoms. The lowest BCUT2D eigenvalue weighted by molar-refractivity contribution is 0.621. The molecule has 0 rings (SSSR count). The van der Waals surface area contributed by atoms with Crippen molar-refractivity contribution < 1.29 is 11.4 Å². The van der Waals surface area contributed by atoms with E-state index in [1.165, 1.54) is 0 Å². The van der Waals surface area contributed by atoms with Crippen LogP contribution in [0.25, 0.3) is 0 Å². The average Bonchev–Trinajstić information content (AvgIpc) is 1.62. The summed E-state index contributed by atoms with van der Waals surface area (Å²) in [7, 11) is -2.44. The van der Waals surface area contributed by atoms with Gasteiger partial charge in [-0.05, 0) is 6.18 Å². The van der Waals surface area contributed by atoms with Crippen LogP contribution in [0.5, 0.6) is 0 Å². The van der Waals surface area contributed by atoms with Gasteiger partial charge in [-0.2, -0.15) is 0 Å². The molecule has 0 aromatic heterocycles. The Labute approximate surface area is 35.4 Å². The van der Waals surface area contributed by atoms with Gasteiger partial charge in [0.15, 0.2) is 0 Å². The molecule has 0 N–H and O–H groups in total. The maximum Gasteiger partial charge on any atom is 0.0592 e. The zero-order valence-electron chi connectivity index (χ0n) is 6.82. The predicted molar refractivity (Wildman–Crippen MR) is 21.4 cm³/mol. The van der Waals surface area contributed by atoms with Gasteiger partial charge in [0.05, 0.1) is 2.74 Å². The summed E-state index contributed by atoms with van der Waals surface area (Å²) >= 11 is 0. The first-order chi connectivity index (χ1) is 3.85. The van der Waals surface area contributed by atoms with Crippen LogP contribution in [0.4, 0.5) is 0 Å². The fourth-order valence-corrected chi connectivity index (χ4v) is 0. The standard InChI is InChI=1S/C2H5OS/c1-4(2)3/h1H2,2H3/q-1/i1D2,2D3. The highest BCUT2D eigenvalue weighted by Gasteiger charge is 1.30. The third kappa shape index (κ3) is 93.7. The van der Waals surface area contributed by atoms with Crippen molar-refractivity contribution in [3.8, 4) is 0 Å². The minimum atomic E-state index is -2.71. The quantitative estimate of drug-likeness (QED) is 0.389. The minimum Gasteiger partial charge on any atom is -0.803 e. The van der Waals surface area contributed by atoms with Gasteiger partial charge in [0.2, 0.25) is 0 Å². The Balaban J connectivity index is 4.40. The topological polar surface area (TPSA) is 23.1 Å². The van der Waals surface area contributed by atoms with Crippen LogP contribution in [-0.4, -0.2) is 16.6 Å². The van der Waals surface area contributed by atoms with Crippen molar-refractivity contribution in [1.29, 1.82) is 0 Å². The molecule has 4 heavy (non-hydrogen) atoms. The van der Waals surface area contributed by atoms with Gasteiger partial charge in [-0.1, -0.05) is 5.82 Å². The second kappa shape index (κ2) is 1.49. The highest BCUT2D eigenvalue weighted by atomic mass is 32.2. The summed E-state index contributed by atoms with van der Waals surface area (Å²) < 4.78 is 42.3. The lowest BCUT2D eigenvalue weighted by Crippen LogP contribution is -1.46. The lowest BCUT2D eigenvalue weighted by Gasteiger charge is -1.95. The molecule has 0 fully saturated rings. The van der Waals surface area contributed by atoms with E-state index >= 15 is 0 Å². The molecular formula is C2H5OS-. The van der Waals surface area contributed by atoms with E-state index < -0.39 is 22.8 Å². The van der Waals surface area contributed by atoms with E-state index in [1.54, 1.807) is 0 Å². The van der Waals surface area contributed by atoms with Gasteiger partial charge in [0.25, 0.3) is 0 Å². The molecule has 0 aliphatic carbocycles. The zero-order valence-corrected chi connectivity index (χ0v) is 2.63. The Morgan fingerprint density at radius 1 is 2.75 bits per heavy atom. The van der Waals surface area contributed by atoms with Crippen LogP contribution in [0.2, 0.25) is 0 Å². The Morgan fingerprint density at radius 2 is 3.50 bits per heavy atom. The number of hydrogen-bond donors (Lipinski definition) is 0. The Kier molecular flexibility index (Phi) is 0.236. The molecule has 0 radical (unpaired) electrons. The first kappa shape index (κ1) is 0.632. The van der Waals surface area contributed by atoms with Gasteiger partial charge in [-0.15, -0.1) is 0 Å². The van der Waals surface area contributed by atoms with E-state index in [4.69, 9.17) is 6.85 Å². The Hall–Kier alpha value is 0.180. The predicted octanol–water partition coefficient (Wildman–Crippen LogP) is 0.448. The smallest absolute Gasteiger partial charge is 0.0592 e. The van der Waals surface area contributed by atoms with E-state index in [0.717, 1.165) is 0 Å². The van der Waals surface area contributed by atoms with E-state index in [-0.39, 0.29) is 0 Å². The molecule has 0 aromatic carbocycles. The molecule has 26 valence electrons. The minimum absolute atomic E-state index is 1.06. The molecule has 0 saturated carbocycles. The number of rotatable bonds is 0. The second-order valence-electron chi connectivity index (χ2n) is 0.269. The molecule has 0 aliphatic heterocycles. The summed E-state index contributed by atoms with van der Waals surface area (Å²) in [5, 5.41) is 0. The van der Waals surface area contributed by atoms with Crippen LogP contribution in [-0.2, 0) is 0 Å². The summed E-state index contributed by atoms with van der Waals surface area (Å²) in [4.78, 5) is 0. The van der Waals surface area contributed by atoms with Crippen molar-refractivity contribution in [3.63, 3.8) is 0 Å². The average molecular weight is 82.2 g/mol. The highest BCUT2D eigenvalue weighted by molar-refractivity contribution is 8.08. The van der Waals surface area contributed by atoms with Crippen molar-refractivity contribution in [3.05, 3.63) is 0 Å². The van der Waals surface area contributed by atoms with Gasteiger partial charge < -0.3 is 4.55 Å². The number of hydrogen-bond acceptors (Lipinski definition) is 1. The maximum absolute atomic E-state index is 10.3. The molecule has 1 nitrogen and oxygen atoms in total. The van der Waals surface area contributed by atoms with Gasteiger partial charge in [-0.3, -0.25) is 10.8 Å². The van der Waals surface area contributed by atoms with Crippen LogP contribution in [0.1, 0.15) is 6.85 Å². The highest BCUT2D eigenvalue weighted by Crippen LogP contribution is 1.84. The summed E-state index contributed by atoms with van der Waals surface area (Å²) in [5.41, 5.74) is 0. The van der Waals surface area contributed by atoms with Gasteiger partial charge in [-0.25, -0.2) is 0 Å². The van der Waals surface area contributed by atoms with Crippen molar-refractivity contribution in [1.82, 2.24) is 0 Å². The molecule has 0 amide bonds. The molecule has 0 saturated heterocycles. The summed E-state index contributed by atoms with van der Waals surface area (Å²) in [6.45, 7) is 0. The molecule has 0 heterocycles. The van der Waals surface area contributed by atoms with Crippen LogP contribution in [0, 0.1) is 0 Å². The summed E-state index contributed by atoms with van der Waals surface area (Å²) in [5.74, 6) is -1.06. The van der Waals surface area contributed by atoms with Crippen LogP contribution in [0.3, 0.4) is 0 Å². The van der Waals surface area contributed by atoms with E-state index in [1.807, 2.05) is 0 Å². The monoisotopic (exact) mass is 82.0 g/mol. The lowest BCUT2D eigenvalue weighted by atomic mass is 11.9. The first-order valence-electron chi connectivity index (χ1n) is 3.07. The van der Waals surface area contributed by atoms with Crippen molar-refractivity contribution in [2.45, 2.75) is 0 Å². The fraction of sp³-hybridized carbons (Fsp3) is 0.500. The van der Waals surface area contributed by atoms with Crippen molar-refractivity contribution in [2.75, 3.05) is 6.18 Å². The van der Waals surface area contributed by atoms with Crippen LogP contribution >= 0.6 is 10.8 Å². The largest absolute Gasteiger partial charge is 0.803 e. The molecular weight excluding hydrogens is 72.1 g/mol. The fourth-order valence-electron chi connectivity index (χ4n) is 0.